The predicted molar refractivity (Wildman–Crippen MR) is 84.3 cm³/mol. The van der Waals surface area contributed by atoms with Crippen molar-refractivity contribution in [1.82, 2.24) is 15.5 Å². The summed E-state index contributed by atoms with van der Waals surface area (Å²) in [4.78, 5) is 15.1. The van der Waals surface area contributed by atoms with Gasteiger partial charge in [0.2, 0.25) is 0 Å². The first kappa shape index (κ1) is 16.7. The van der Waals surface area contributed by atoms with Crippen LogP contribution in [0.3, 0.4) is 0 Å². The summed E-state index contributed by atoms with van der Waals surface area (Å²) in [6.07, 6.45) is 4.11. The number of nitrogens with zero attached hydrogens (tertiary/aromatic N) is 1. The number of ether oxygens (including phenoxy) is 1. The number of carbonyl (C=O) groups excluding carboxylic acids is 1. The second kappa shape index (κ2) is 7.56. The third kappa shape index (κ3) is 4.41. The Morgan fingerprint density at radius 1 is 1.48 bits per heavy atom. The van der Waals surface area contributed by atoms with E-state index >= 15 is 0 Å². The van der Waals surface area contributed by atoms with Crippen LogP contribution in [0.2, 0.25) is 0 Å². The smallest absolute Gasteiger partial charge is 0.252 e. The second-order valence-corrected chi connectivity index (χ2v) is 6.83. The van der Waals surface area contributed by atoms with Crippen molar-refractivity contribution in [3.63, 3.8) is 0 Å². The maximum Gasteiger partial charge on any atom is 0.252 e. The van der Waals surface area contributed by atoms with Crippen LogP contribution in [0, 0.1) is 5.92 Å². The average Bonchev–Trinajstić information content (AvgIpc) is 2.47. The molecule has 0 spiro atoms. The van der Waals surface area contributed by atoms with Gasteiger partial charge < -0.3 is 20.3 Å². The summed E-state index contributed by atoms with van der Waals surface area (Å²) in [6.45, 7) is 9.35. The van der Waals surface area contributed by atoms with Crippen LogP contribution in [0.15, 0.2) is 0 Å². The maximum atomic E-state index is 12.6. The lowest BCUT2D eigenvalue weighted by atomic mass is 9.91. The average molecular weight is 297 g/mol. The topological polar surface area (TPSA) is 53.6 Å². The highest BCUT2D eigenvalue weighted by Crippen LogP contribution is 2.23. The molecule has 2 unspecified atom stereocenters. The summed E-state index contributed by atoms with van der Waals surface area (Å²) < 4.78 is 5.58. The van der Waals surface area contributed by atoms with E-state index in [0.717, 1.165) is 51.5 Å². The van der Waals surface area contributed by atoms with E-state index < -0.39 is 5.60 Å². The molecule has 2 rings (SSSR count). The van der Waals surface area contributed by atoms with E-state index in [1.54, 1.807) is 7.11 Å². The molecule has 2 atom stereocenters. The number of hydrogen-bond acceptors (Lipinski definition) is 4. The molecule has 0 saturated carbocycles. The van der Waals surface area contributed by atoms with Crippen LogP contribution in [0.5, 0.6) is 0 Å². The molecular formula is C16H31N3O2. The molecule has 5 heteroatoms. The third-order valence-electron chi connectivity index (χ3n) is 4.87. The third-order valence-corrected chi connectivity index (χ3v) is 4.87. The molecule has 2 heterocycles. The molecule has 21 heavy (non-hydrogen) atoms. The zero-order valence-electron chi connectivity index (χ0n) is 13.8. The van der Waals surface area contributed by atoms with Crippen molar-refractivity contribution in [2.24, 2.45) is 5.92 Å². The van der Waals surface area contributed by atoms with Crippen LogP contribution in [0.1, 0.15) is 39.5 Å². The Bertz CT molecular complexity index is 342. The van der Waals surface area contributed by atoms with Gasteiger partial charge in [-0.2, -0.15) is 0 Å². The van der Waals surface area contributed by atoms with Crippen LogP contribution >= 0.6 is 0 Å². The first-order valence-electron chi connectivity index (χ1n) is 8.35. The van der Waals surface area contributed by atoms with E-state index in [4.69, 9.17) is 4.74 Å². The Morgan fingerprint density at radius 2 is 2.19 bits per heavy atom. The number of hydrogen-bond donors (Lipinski definition) is 2. The van der Waals surface area contributed by atoms with E-state index in [1.807, 2.05) is 0 Å². The molecule has 122 valence electrons. The Kier molecular flexibility index (Phi) is 6.02. The summed E-state index contributed by atoms with van der Waals surface area (Å²) in [7, 11) is 1.65. The Morgan fingerprint density at radius 3 is 2.81 bits per heavy atom. The van der Waals surface area contributed by atoms with Crippen LogP contribution in [0.4, 0.5) is 0 Å². The van der Waals surface area contributed by atoms with E-state index in [9.17, 15) is 4.79 Å². The van der Waals surface area contributed by atoms with Gasteiger partial charge in [0.15, 0.2) is 0 Å². The molecule has 2 aliphatic rings. The van der Waals surface area contributed by atoms with Gasteiger partial charge in [0.05, 0.1) is 0 Å². The second-order valence-electron chi connectivity index (χ2n) is 6.83. The number of rotatable bonds is 5. The van der Waals surface area contributed by atoms with Crippen molar-refractivity contribution < 1.29 is 9.53 Å². The van der Waals surface area contributed by atoms with Crippen molar-refractivity contribution in [2.45, 2.75) is 51.2 Å². The van der Waals surface area contributed by atoms with Crippen molar-refractivity contribution in [3.8, 4) is 0 Å². The van der Waals surface area contributed by atoms with E-state index in [2.05, 4.69) is 29.4 Å². The summed E-state index contributed by atoms with van der Waals surface area (Å²) in [5.41, 5.74) is -0.630. The number of piperidine rings is 2. The van der Waals surface area contributed by atoms with Gasteiger partial charge >= 0.3 is 0 Å². The highest BCUT2D eigenvalue weighted by atomic mass is 16.5. The molecule has 1 amide bonds. The lowest BCUT2D eigenvalue weighted by Gasteiger charge is -2.37. The molecule has 0 aromatic rings. The quantitative estimate of drug-likeness (QED) is 0.795. The number of likely N-dealkylation sites (tertiary alicyclic amines) is 1. The van der Waals surface area contributed by atoms with Gasteiger partial charge in [-0.1, -0.05) is 6.92 Å². The molecule has 5 nitrogen and oxygen atoms in total. The number of carbonyl (C=O) groups is 1. The monoisotopic (exact) mass is 297 g/mol. The van der Waals surface area contributed by atoms with Crippen LogP contribution in [0.25, 0.3) is 0 Å². The Labute approximate surface area is 128 Å². The van der Waals surface area contributed by atoms with Gasteiger partial charge in [0.1, 0.15) is 5.60 Å². The van der Waals surface area contributed by atoms with Crippen molar-refractivity contribution in [1.29, 1.82) is 0 Å². The highest BCUT2D eigenvalue weighted by molar-refractivity contribution is 5.85. The SMILES string of the molecule is COC1(C(=O)NC(C)CN2CCCC(C)C2)CCNCC1. The van der Waals surface area contributed by atoms with Crippen LogP contribution < -0.4 is 10.6 Å². The number of nitrogens with one attached hydrogen (secondary N) is 2. The molecule has 0 aromatic heterocycles. The lowest BCUT2D eigenvalue weighted by Crippen LogP contribution is -2.57. The predicted octanol–water partition coefficient (Wildman–Crippen LogP) is 0.992. The van der Waals surface area contributed by atoms with Gasteiger partial charge in [-0.3, -0.25) is 4.79 Å². The standard InChI is InChI=1S/C16H31N3O2/c1-13-5-4-10-19(11-13)12-14(2)18-15(20)16(21-3)6-8-17-9-7-16/h13-14,17H,4-12H2,1-3H3,(H,18,20). The summed E-state index contributed by atoms with van der Waals surface area (Å²) in [6, 6.07) is 0.171. The van der Waals surface area contributed by atoms with Gasteiger partial charge in [-0.05, 0) is 58.2 Å². The van der Waals surface area contributed by atoms with Gasteiger partial charge in [0, 0.05) is 26.2 Å². The molecule has 0 radical (unpaired) electrons. The zero-order valence-corrected chi connectivity index (χ0v) is 13.8. The first-order chi connectivity index (χ1) is 10.1. The molecular weight excluding hydrogens is 266 g/mol. The lowest BCUT2D eigenvalue weighted by molar-refractivity contribution is -0.147. The van der Waals surface area contributed by atoms with Gasteiger partial charge in [0.25, 0.3) is 5.91 Å². The summed E-state index contributed by atoms with van der Waals surface area (Å²) in [5, 5.41) is 6.45. The zero-order chi connectivity index (χ0) is 15.3. The summed E-state index contributed by atoms with van der Waals surface area (Å²) >= 11 is 0. The fourth-order valence-corrected chi connectivity index (χ4v) is 3.60. The number of amides is 1. The van der Waals surface area contributed by atoms with E-state index in [0.29, 0.717) is 0 Å². The van der Waals surface area contributed by atoms with E-state index in [-0.39, 0.29) is 11.9 Å². The van der Waals surface area contributed by atoms with Crippen molar-refractivity contribution in [2.75, 3.05) is 39.8 Å². The highest BCUT2D eigenvalue weighted by Gasteiger charge is 2.40. The Hall–Kier alpha value is -0.650. The van der Waals surface area contributed by atoms with Crippen molar-refractivity contribution >= 4 is 5.91 Å². The largest absolute Gasteiger partial charge is 0.368 e. The summed E-state index contributed by atoms with van der Waals surface area (Å²) in [5.74, 6) is 0.834. The molecule has 0 aliphatic carbocycles. The fraction of sp³-hybridized carbons (Fsp3) is 0.938. The van der Waals surface area contributed by atoms with Gasteiger partial charge in [-0.15, -0.1) is 0 Å². The minimum Gasteiger partial charge on any atom is -0.368 e. The molecule has 2 N–H and O–H groups in total. The van der Waals surface area contributed by atoms with Gasteiger partial charge in [-0.25, -0.2) is 0 Å². The minimum atomic E-state index is -0.630. The van der Waals surface area contributed by atoms with E-state index in [1.165, 1.54) is 12.8 Å². The maximum absolute atomic E-state index is 12.6. The Balaban J connectivity index is 1.83. The fourth-order valence-electron chi connectivity index (χ4n) is 3.60. The number of methoxy groups -OCH3 is 1. The van der Waals surface area contributed by atoms with Crippen molar-refractivity contribution in [3.05, 3.63) is 0 Å². The minimum absolute atomic E-state index is 0.0593. The molecule has 2 aliphatic heterocycles. The normalized spacial score (nSPS) is 28.0. The van der Waals surface area contributed by atoms with Crippen LogP contribution in [-0.2, 0) is 9.53 Å². The molecule has 0 aromatic carbocycles. The molecule has 2 fully saturated rings. The molecule has 0 bridgehead atoms. The first-order valence-corrected chi connectivity index (χ1v) is 8.35. The molecule has 2 saturated heterocycles. The van der Waals surface area contributed by atoms with Crippen LogP contribution in [-0.4, -0.2) is 62.3 Å².